The highest BCUT2D eigenvalue weighted by Gasteiger charge is 2.24. The summed E-state index contributed by atoms with van der Waals surface area (Å²) in [6.07, 6.45) is 3.69. The molecule has 2 aromatic rings. The number of hydrogen-bond donors (Lipinski definition) is 1. The number of halogens is 1. The second-order valence-electron chi connectivity index (χ2n) is 8.04. The van der Waals surface area contributed by atoms with Crippen molar-refractivity contribution >= 4 is 35.0 Å². The summed E-state index contributed by atoms with van der Waals surface area (Å²) in [4.78, 5) is 19.0. The summed E-state index contributed by atoms with van der Waals surface area (Å²) in [6, 6.07) is 9.60. The number of benzene rings is 1. The topological polar surface area (TPSA) is 73.8 Å². The van der Waals surface area contributed by atoms with Crippen molar-refractivity contribution in [1.29, 1.82) is 0 Å². The number of methoxy groups -OCH3 is 1. The van der Waals surface area contributed by atoms with Crippen LogP contribution in [0.15, 0.2) is 30.3 Å². The van der Waals surface area contributed by atoms with Gasteiger partial charge in [0.25, 0.3) is 0 Å². The minimum atomic E-state index is -0.166. The minimum absolute atomic E-state index is 0.166. The van der Waals surface area contributed by atoms with Gasteiger partial charge in [-0.05, 0) is 56.5 Å². The fourth-order valence-electron chi connectivity index (χ4n) is 4.19. The van der Waals surface area contributed by atoms with Crippen molar-refractivity contribution in [2.75, 3.05) is 55.0 Å². The first-order valence-electron chi connectivity index (χ1n) is 10.8. The van der Waals surface area contributed by atoms with E-state index in [2.05, 4.69) is 38.3 Å². The molecular weight excluding hydrogens is 416 g/mol. The summed E-state index contributed by atoms with van der Waals surface area (Å²) in [7, 11) is 1.57. The summed E-state index contributed by atoms with van der Waals surface area (Å²) in [5, 5.41) is 12.4. The van der Waals surface area contributed by atoms with Crippen molar-refractivity contribution in [2.45, 2.75) is 32.2 Å². The zero-order valence-electron chi connectivity index (χ0n) is 18.1. The Labute approximate surface area is 188 Å². The lowest BCUT2D eigenvalue weighted by molar-refractivity contribution is 0.208. The van der Waals surface area contributed by atoms with E-state index in [1.54, 1.807) is 30.2 Å². The molecule has 4 rings (SSSR count). The molecule has 1 N–H and O–H groups in total. The van der Waals surface area contributed by atoms with Crippen molar-refractivity contribution in [3.05, 3.63) is 35.4 Å². The Morgan fingerprint density at radius 2 is 1.81 bits per heavy atom. The molecule has 31 heavy (non-hydrogen) atoms. The van der Waals surface area contributed by atoms with E-state index >= 15 is 0 Å². The van der Waals surface area contributed by atoms with Crippen LogP contribution >= 0.6 is 11.6 Å². The van der Waals surface area contributed by atoms with Crippen LogP contribution < -0.4 is 19.9 Å². The van der Waals surface area contributed by atoms with E-state index < -0.39 is 0 Å². The highest BCUT2D eigenvalue weighted by atomic mass is 35.5. The highest BCUT2D eigenvalue weighted by molar-refractivity contribution is 6.31. The zero-order valence-corrected chi connectivity index (χ0v) is 18.8. The number of piperidine rings is 1. The second kappa shape index (κ2) is 9.60. The summed E-state index contributed by atoms with van der Waals surface area (Å²) >= 11 is 6.06. The number of nitrogens with one attached hydrogen (secondary N) is 1. The number of piperazine rings is 1. The molecule has 2 aliphatic heterocycles. The van der Waals surface area contributed by atoms with Crippen molar-refractivity contribution in [1.82, 2.24) is 15.1 Å². The molecule has 1 atom stereocenters. The molecule has 0 aliphatic carbocycles. The van der Waals surface area contributed by atoms with Crippen LogP contribution in [-0.2, 0) is 0 Å². The lowest BCUT2D eigenvalue weighted by Crippen LogP contribution is -2.50. The Balaban J connectivity index is 1.33. The molecule has 2 aliphatic rings. The first kappa shape index (κ1) is 21.5. The lowest BCUT2D eigenvalue weighted by atomic mass is 10.0. The number of carbonyl (C=O) groups excluding carboxylic acids is 1. The number of rotatable bonds is 4. The summed E-state index contributed by atoms with van der Waals surface area (Å²) in [5.74, 6) is 2.38. The maximum Gasteiger partial charge on any atom is 0.322 e. The van der Waals surface area contributed by atoms with Gasteiger partial charge in [0.2, 0.25) is 0 Å². The van der Waals surface area contributed by atoms with Crippen LogP contribution in [0.5, 0.6) is 5.75 Å². The van der Waals surface area contributed by atoms with Gasteiger partial charge in [-0.2, -0.15) is 0 Å². The lowest BCUT2D eigenvalue weighted by Gasteiger charge is -2.36. The second-order valence-corrected chi connectivity index (χ2v) is 8.47. The van der Waals surface area contributed by atoms with Crippen LogP contribution in [0.25, 0.3) is 0 Å². The first-order valence-corrected chi connectivity index (χ1v) is 11.2. The van der Waals surface area contributed by atoms with Crippen molar-refractivity contribution in [2.24, 2.45) is 0 Å². The fraction of sp³-hybridized carbons (Fsp3) is 0.500. The molecule has 9 heteroatoms. The van der Waals surface area contributed by atoms with E-state index in [9.17, 15) is 4.79 Å². The van der Waals surface area contributed by atoms with Gasteiger partial charge in [0, 0.05) is 43.8 Å². The summed E-state index contributed by atoms with van der Waals surface area (Å²) < 4.78 is 5.30. The van der Waals surface area contributed by atoms with Crippen molar-refractivity contribution in [3.8, 4) is 5.75 Å². The van der Waals surface area contributed by atoms with Crippen molar-refractivity contribution < 1.29 is 9.53 Å². The number of nitrogens with zero attached hydrogens (tertiary/aromatic N) is 5. The number of aromatic nitrogens is 2. The van der Waals surface area contributed by atoms with Crippen LogP contribution in [-0.4, -0.2) is 67.0 Å². The van der Waals surface area contributed by atoms with Crippen molar-refractivity contribution in [3.63, 3.8) is 0 Å². The van der Waals surface area contributed by atoms with E-state index in [0.717, 1.165) is 18.2 Å². The maximum absolute atomic E-state index is 12.7. The number of urea groups is 1. The van der Waals surface area contributed by atoms with Gasteiger partial charge in [-0.1, -0.05) is 11.6 Å². The number of anilines is 3. The van der Waals surface area contributed by atoms with Gasteiger partial charge < -0.3 is 24.8 Å². The predicted octanol–water partition coefficient (Wildman–Crippen LogP) is 3.87. The highest BCUT2D eigenvalue weighted by Crippen LogP contribution is 2.28. The van der Waals surface area contributed by atoms with Crippen LogP contribution in [0.4, 0.5) is 22.1 Å². The average molecular weight is 445 g/mol. The van der Waals surface area contributed by atoms with E-state index in [1.165, 1.54) is 19.3 Å². The number of ether oxygens (including phenoxy) is 1. The Morgan fingerprint density at radius 1 is 1.06 bits per heavy atom. The molecule has 2 amide bonds. The van der Waals surface area contributed by atoms with Gasteiger partial charge >= 0.3 is 6.03 Å². The third kappa shape index (κ3) is 4.95. The van der Waals surface area contributed by atoms with E-state index in [4.69, 9.17) is 16.3 Å². The van der Waals surface area contributed by atoms with Gasteiger partial charge in [-0.3, -0.25) is 0 Å². The zero-order chi connectivity index (χ0) is 21.8. The molecule has 2 saturated heterocycles. The number of carbonyl (C=O) groups is 1. The molecular formula is C22H29ClN6O2. The SMILES string of the molecule is COc1ccc(Cl)cc1NC(=O)N1CCN(c2ccc(N3CCCCC3C)nn2)CC1. The maximum atomic E-state index is 12.7. The smallest absolute Gasteiger partial charge is 0.322 e. The molecule has 1 aromatic heterocycles. The molecule has 3 heterocycles. The predicted molar refractivity (Wildman–Crippen MR) is 123 cm³/mol. The summed E-state index contributed by atoms with van der Waals surface area (Å²) in [5.41, 5.74) is 0.566. The molecule has 0 spiro atoms. The molecule has 166 valence electrons. The summed E-state index contributed by atoms with van der Waals surface area (Å²) in [6.45, 7) is 5.89. The van der Waals surface area contributed by atoms with E-state index in [-0.39, 0.29) is 6.03 Å². The van der Waals surface area contributed by atoms with E-state index in [1.807, 2.05) is 6.07 Å². The van der Waals surface area contributed by atoms with E-state index in [0.29, 0.717) is 48.7 Å². The normalized spacial score (nSPS) is 19.3. The Bertz CT molecular complexity index is 901. The third-order valence-electron chi connectivity index (χ3n) is 6.03. The molecule has 8 nitrogen and oxygen atoms in total. The molecule has 2 fully saturated rings. The third-order valence-corrected chi connectivity index (χ3v) is 6.26. The first-order chi connectivity index (χ1) is 15.0. The average Bonchev–Trinajstić information content (AvgIpc) is 2.80. The Hall–Kier alpha value is -2.74. The van der Waals surface area contributed by atoms with Gasteiger partial charge in [0.15, 0.2) is 11.6 Å². The quantitative estimate of drug-likeness (QED) is 0.771. The molecule has 0 radical (unpaired) electrons. The van der Waals surface area contributed by atoms with Gasteiger partial charge in [-0.25, -0.2) is 4.79 Å². The largest absolute Gasteiger partial charge is 0.495 e. The number of amides is 2. The Morgan fingerprint density at radius 3 is 2.48 bits per heavy atom. The Kier molecular flexibility index (Phi) is 6.65. The molecule has 1 aromatic carbocycles. The molecule has 1 unspecified atom stereocenters. The monoisotopic (exact) mass is 444 g/mol. The van der Waals surface area contributed by atoms with Crippen LogP contribution in [0, 0.1) is 0 Å². The van der Waals surface area contributed by atoms with Gasteiger partial charge in [0.05, 0.1) is 12.8 Å². The van der Waals surface area contributed by atoms with Crippen LogP contribution in [0.3, 0.4) is 0 Å². The van der Waals surface area contributed by atoms with Crippen LogP contribution in [0.1, 0.15) is 26.2 Å². The fourth-order valence-corrected chi connectivity index (χ4v) is 4.36. The van der Waals surface area contributed by atoms with Crippen LogP contribution in [0.2, 0.25) is 5.02 Å². The standard InChI is InChI=1S/C22H29ClN6O2/c1-16-5-3-4-10-29(16)21-9-8-20(25-26-21)27-11-13-28(14-12-27)22(30)24-18-15-17(23)6-7-19(18)31-2/h6-9,15-16H,3-5,10-14H2,1-2H3,(H,24,30). The van der Waals surface area contributed by atoms with Gasteiger partial charge in [0.1, 0.15) is 5.75 Å². The molecule has 0 bridgehead atoms. The molecule has 0 saturated carbocycles. The minimum Gasteiger partial charge on any atom is -0.495 e. The van der Waals surface area contributed by atoms with Gasteiger partial charge in [-0.15, -0.1) is 10.2 Å². The number of hydrogen-bond acceptors (Lipinski definition) is 6.